The van der Waals surface area contributed by atoms with Gasteiger partial charge in [0.25, 0.3) is 0 Å². The number of benzene rings is 2. The molecule has 4 nitrogen and oxygen atoms in total. The number of fused-ring (bicyclic) bond motifs is 2. The van der Waals surface area contributed by atoms with Crippen molar-refractivity contribution in [1.29, 1.82) is 0 Å². The summed E-state index contributed by atoms with van der Waals surface area (Å²) in [5.74, 6) is 0.519. The molecule has 1 atom stereocenters. The maximum atomic E-state index is 11.6. The number of nitrogens with zero attached hydrogens (tertiary/aromatic N) is 3. The third kappa shape index (κ3) is 3.50. The SMILES string of the molecule is CC1=C(c2ccc3ncccc3c2)C(O)n2nc(-c3ccccc3)c(C3CCCCC3)c2C1. The molecule has 1 aliphatic carbocycles. The van der Waals surface area contributed by atoms with Gasteiger partial charge in [0.1, 0.15) is 0 Å². The molecule has 1 saturated carbocycles. The van der Waals surface area contributed by atoms with Crippen molar-refractivity contribution in [3.05, 3.63) is 89.3 Å². The Morgan fingerprint density at radius 1 is 0.909 bits per heavy atom. The van der Waals surface area contributed by atoms with Crippen LogP contribution in [0.1, 0.15) is 68.0 Å². The molecular formula is C29H29N3O. The van der Waals surface area contributed by atoms with Gasteiger partial charge in [-0.3, -0.25) is 4.98 Å². The van der Waals surface area contributed by atoms with Gasteiger partial charge in [0.05, 0.1) is 11.2 Å². The van der Waals surface area contributed by atoms with Gasteiger partial charge in [0.15, 0.2) is 6.23 Å². The lowest BCUT2D eigenvalue weighted by Gasteiger charge is -2.29. The van der Waals surface area contributed by atoms with Gasteiger partial charge in [-0.05, 0) is 49.4 Å². The normalized spacial score (nSPS) is 19.2. The van der Waals surface area contributed by atoms with E-state index in [2.05, 4.69) is 54.4 Å². The van der Waals surface area contributed by atoms with Gasteiger partial charge in [-0.1, -0.05) is 67.3 Å². The molecule has 4 aromatic rings. The van der Waals surface area contributed by atoms with E-state index in [1.165, 1.54) is 48.9 Å². The molecule has 1 aliphatic heterocycles. The highest BCUT2D eigenvalue weighted by molar-refractivity contribution is 5.85. The Morgan fingerprint density at radius 3 is 2.55 bits per heavy atom. The van der Waals surface area contributed by atoms with Crippen molar-refractivity contribution in [1.82, 2.24) is 14.8 Å². The standard InChI is InChI=1S/C29H29N3O/c1-19-17-25-27(20-9-4-2-5-10-20)28(21-11-6-3-7-12-21)31-32(25)29(33)26(19)23-14-15-24-22(18-23)13-8-16-30-24/h3,6-8,11-16,18,20,29,33H,2,4-5,9-10,17H2,1H3. The maximum Gasteiger partial charge on any atom is 0.173 e. The molecule has 6 rings (SSSR count). The highest BCUT2D eigenvalue weighted by Crippen LogP contribution is 2.45. The Morgan fingerprint density at radius 2 is 1.73 bits per heavy atom. The molecule has 3 heterocycles. The molecule has 1 unspecified atom stereocenters. The molecule has 0 bridgehead atoms. The summed E-state index contributed by atoms with van der Waals surface area (Å²) < 4.78 is 1.90. The first-order valence-corrected chi connectivity index (χ1v) is 12.1. The van der Waals surface area contributed by atoms with E-state index in [1.807, 2.05) is 29.1 Å². The third-order valence-corrected chi connectivity index (χ3v) is 7.41. The summed E-state index contributed by atoms with van der Waals surface area (Å²) in [5, 5.41) is 17.8. The van der Waals surface area contributed by atoms with Crippen molar-refractivity contribution in [3.63, 3.8) is 0 Å². The van der Waals surface area contributed by atoms with Gasteiger partial charge in [-0.25, -0.2) is 4.68 Å². The summed E-state index contributed by atoms with van der Waals surface area (Å²) in [6, 6.07) is 20.8. The van der Waals surface area contributed by atoms with Crippen LogP contribution in [0.5, 0.6) is 0 Å². The summed E-state index contributed by atoms with van der Waals surface area (Å²) in [6.07, 6.45) is 8.14. The largest absolute Gasteiger partial charge is 0.368 e. The molecule has 0 radical (unpaired) electrons. The molecule has 1 fully saturated rings. The van der Waals surface area contributed by atoms with Gasteiger partial charge in [0.2, 0.25) is 0 Å². The predicted octanol–water partition coefficient (Wildman–Crippen LogP) is 6.67. The van der Waals surface area contributed by atoms with Crippen molar-refractivity contribution in [2.75, 3.05) is 0 Å². The summed E-state index contributed by atoms with van der Waals surface area (Å²) in [4.78, 5) is 4.45. The quantitative estimate of drug-likeness (QED) is 0.391. The van der Waals surface area contributed by atoms with Crippen LogP contribution >= 0.6 is 0 Å². The summed E-state index contributed by atoms with van der Waals surface area (Å²) in [7, 11) is 0. The van der Waals surface area contributed by atoms with E-state index in [9.17, 15) is 5.11 Å². The molecule has 0 spiro atoms. The third-order valence-electron chi connectivity index (χ3n) is 7.41. The number of allylic oxidation sites excluding steroid dienone is 1. The van der Waals surface area contributed by atoms with E-state index in [4.69, 9.17) is 5.10 Å². The molecule has 1 N–H and O–H groups in total. The Balaban J connectivity index is 1.48. The first kappa shape index (κ1) is 20.4. The second kappa shape index (κ2) is 8.27. The highest BCUT2D eigenvalue weighted by Gasteiger charge is 2.34. The van der Waals surface area contributed by atoms with Crippen LogP contribution in [-0.2, 0) is 6.42 Å². The Bertz CT molecular complexity index is 1350. The smallest absolute Gasteiger partial charge is 0.173 e. The van der Waals surface area contributed by atoms with Gasteiger partial charge in [-0.2, -0.15) is 5.10 Å². The minimum Gasteiger partial charge on any atom is -0.368 e. The molecule has 0 saturated heterocycles. The number of hydrogen-bond donors (Lipinski definition) is 1. The van der Waals surface area contributed by atoms with Crippen LogP contribution in [0.4, 0.5) is 0 Å². The van der Waals surface area contributed by atoms with Crippen molar-refractivity contribution < 1.29 is 5.11 Å². The summed E-state index contributed by atoms with van der Waals surface area (Å²) in [5.41, 5.74) is 8.94. The van der Waals surface area contributed by atoms with Crippen molar-refractivity contribution in [2.45, 2.75) is 57.6 Å². The minimum absolute atomic E-state index is 0.519. The average molecular weight is 436 g/mol. The van der Waals surface area contributed by atoms with Crippen molar-refractivity contribution in [3.8, 4) is 11.3 Å². The molecule has 2 aromatic carbocycles. The fourth-order valence-electron chi connectivity index (χ4n) is 5.82. The fraction of sp³-hybridized carbons (Fsp3) is 0.310. The molecule has 33 heavy (non-hydrogen) atoms. The van der Waals surface area contributed by atoms with E-state index in [-0.39, 0.29) is 0 Å². The molecule has 4 heteroatoms. The van der Waals surface area contributed by atoms with E-state index in [0.29, 0.717) is 5.92 Å². The van der Waals surface area contributed by atoms with Crippen molar-refractivity contribution >= 4 is 16.5 Å². The zero-order chi connectivity index (χ0) is 22.4. The second-order valence-corrected chi connectivity index (χ2v) is 9.51. The monoisotopic (exact) mass is 435 g/mol. The molecule has 2 aliphatic rings. The highest BCUT2D eigenvalue weighted by atomic mass is 16.3. The fourth-order valence-corrected chi connectivity index (χ4v) is 5.82. The average Bonchev–Trinajstić information content (AvgIpc) is 3.24. The van der Waals surface area contributed by atoms with Crippen LogP contribution < -0.4 is 0 Å². The second-order valence-electron chi connectivity index (χ2n) is 9.51. The van der Waals surface area contributed by atoms with Crippen LogP contribution in [-0.4, -0.2) is 19.9 Å². The van der Waals surface area contributed by atoms with Gasteiger partial charge >= 0.3 is 0 Å². The minimum atomic E-state index is -0.789. The number of aliphatic hydroxyl groups is 1. The zero-order valence-electron chi connectivity index (χ0n) is 19.0. The number of hydrogen-bond acceptors (Lipinski definition) is 3. The van der Waals surface area contributed by atoms with Crippen LogP contribution in [0, 0.1) is 0 Å². The number of pyridine rings is 1. The van der Waals surface area contributed by atoms with E-state index >= 15 is 0 Å². The van der Waals surface area contributed by atoms with Crippen molar-refractivity contribution in [2.24, 2.45) is 0 Å². The number of aliphatic hydroxyl groups excluding tert-OH is 1. The van der Waals surface area contributed by atoms with E-state index < -0.39 is 6.23 Å². The summed E-state index contributed by atoms with van der Waals surface area (Å²) in [6.45, 7) is 2.16. The number of aromatic nitrogens is 3. The van der Waals surface area contributed by atoms with E-state index in [1.54, 1.807) is 0 Å². The zero-order valence-corrected chi connectivity index (χ0v) is 19.0. The van der Waals surface area contributed by atoms with Gasteiger partial charge in [-0.15, -0.1) is 0 Å². The van der Waals surface area contributed by atoms with Crippen LogP contribution in [0.3, 0.4) is 0 Å². The van der Waals surface area contributed by atoms with Crippen LogP contribution in [0.15, 0.2) is 72.4 Å². The Hall–Kier alpha value is -3.24. The first-order valence-electron chi connectivity index (χ1n) is 12.1. The lowest BCUT2D eigenvalue weighted by Crippen LogP contribution is -2.22. The van der Waals surface area contributed by atoms with Crippen LogP contribution in [0.25, 0.3) is 27.7 Å². The predicted molar refractivity (Wildman–Crippen MR) is 133 cm³/mol. The number of rotatable bonds is 3. The lowest BCUT2D eigenvalue weighted by atomic mass is 9.80. The Labute approximate surface area is 194 Å². The molecule has 0 amide bonds. The molecular weight excluding hydrogens is 406 g/mol. The topological polar surface area (TPSA) is 50.9 Å². The van der Waals surface area contributed by atoms with E-state index in [0.717, 1.165) is 39.7 Å². The molecule has 2 aromatic heterocycles. The van der Waals surface area contributed by atoms with Crippen LogP contribution in [0.2, 0.25) is 0 Å². The first-order chi connectivity index (χ1) is 16.2. The maximum absolute atomic E-state index is 11.6. The van der Waals surface area contributed by atoms with Gasteiger partial charge < -0.3 is 5.11 Å². The lowest BCUT2D eigenvalue weighted by molar-refractivity contribution is 0.142. The molecule has 166 valence electrons. The summed E-state index contributed by atoms with van der Waals surface area (Å²) >= 11 is 0. The van der Waals surface area contributed by atoms with Gasteiger partial charge in [0, 0.05) is 40.4 Å². The Kier molecular flexibility index (Phi) is 5.11.